The van der Waals surface area contributed by atoms with Crippen molar-refractivity contribution < 1.29 is 19.0 Å². The quantitative estimate of drug-likeness (QED) is 0.899. The molecule has 1 aromatic carbocycles. The Morgan fingerprint density at radius 2 is 2.05 bits per heavy atom. The average Bonchev–Trinajstić information content (AvgIpc) is 2.41. The van der Waals surface area contributed by atoms with Crippen molar-refractivity contribution in [3.63, 3.8) is 0 Å². The van der Waals surface area contributed by atoms with Crippen molar-refractivity contribution in [2.75, 3.05) is 0 Å². The van der Waals surface area contributed by atoms with Crippen LogP contribution in [0, 0.1) is 11.7 Å². The first-order chi connectivity index (χ1) is 9.10. The maximum Gasteiger partial charge on any atom is 0.335 e. The molecule has 104 valence electrons. The third-order valence-corrected chi connectivity index (χ3v) is 3.84. The smallest absolute Gasteiger partial charge is 0.335 e. The van der Waals surface area contributed by atoms with E-state index in [2.05, 4.69) is 6.92 Å². The molecule has 19 heavy (non-hydrogen) atoms. The predicted molar refractivity (Wildman–Crippen MR) is 70.0 cm³/mol. The highest BCUT2D eigenvalue weighted by Gasteiger charge is 2.22. The molecule has 0 aromatic heterocycles. The Balaban J connectivity index is 1.98. The molecule has 1 N–H and O–H groups in total. The second-order valence-electron chi connectivity index (χ2n) is 5.12. The van der Waals surface area contributed by atoms with Crippen molar-refractivity contribution in [2.24, 2.45) is 5.92 Å². The largest absolute Gasteiger partial charge is 0.487 e. The molecule has 0 unspecified atom stereocenters. The van der Waals surface area contributed by atoms with Crippen LogP contribution in [-0.2, 0) is 0 Å². The minimum atomic E-state index is -1.13. The Morgan fingerprint density at radius 3 is 2.58 bits per heavy atom. The van der Waals surface area contributed by atoms with Crippen LogP contribution in [0.15, 0.2) is 18.2 Å². The summed E-state index contributed by atoms with van der Waals surface area (Å²) in [5, 5.41) is 8.77. The molecular weight excluding hydrogens is 247 g/mol. The van der Waals surface area contributed by atoms with Gasteiger partial charge in [-0.2, -0.15) is 0 Å². The fourth-order valence-corrected chi connectivity index (χ4v) is 2.57. The van der Waals surface area contributed by atoms with E-state index in [4.69, 9.17) is 9.84 Å². The maximum atomic E-state index is 13.7. The van der Waals surface area contributed by atoms with Crippen LogP contribution in [0.25, 0.3) is 0 Å². The molecule has 0 aliphatic heterocycles. The topological polar surface area (TPSA) is 46.5 Å². The second-order valence-corrected chi connectivity index (χ2v) is 5.12. The van der Waals surface area contributed by atoms with Gasteiger partial charge in [-0.15, -0.1) is 0 Å². The Labute approximate surface area is 112 Å². The van der Waals surface area contributed by atoms with Crippen molar-refractivity contribution in [2.45, 2.75) is 45.1 Å². The van der Waals surface area contributed by atoms with Gasteiger partial charge in [-0.05, 0) is 49.8 Å². The van der Waals surface area contributed by atoms with Gasteiger partial charge >= 0.3 is 5.97 Å². The number of hydrogen-bond donors (Lipinski definition) is 1. The summed E-state index contributed by atoms with van der Waals surface area (Å²) in [7, 11) is 0. The van der Waals surface area contributed by atoms with Gasteiger partial charge in [0.1, 0.15) is 0 Å². The first-order valence-electron chi connectivity index (χ1n) is 6.79. The lowest BCUT2D eigenvalue weighted by atomic mass is 9.86. The summed E-state index contributed by atoms with van der Waals surface area (Å²) in [6, 6.07) is 3.79. The van der Waals surface area contributed by atoms with Gasteiger partial charge in [0.05, 0.1) is 11.7 Å². The average molecular weight is 266 g/mol. The molecule has 0 spiro atoms. The van der Waals surface area contributed by atoms with Crippen LogP contribution in [0.2, 0.25) is 0 Å². The fraction of sp³-hybridized carbons (Fsp3) is 0.533. The summed E-state index contributed by atoms with van der Waals surface area (Å²) in [5.74, 6) is -0.810. The van der Waals surface area contributed by atoms with Gasteiger partial charge in [-0.1, -0.05) is 13.3 Å². The van der Waals surface area contributed by atoms with E-state index in [-0.39, 0.29) is 17.4 Å². The molecule has 2 rings (SSSR count). The molecule has 1 aliphatic carbocycles. The summed E-state index contributed by atoms with van der Waals surface area (Å²) < 4.78 is 19.4. The van der Waals surface area contributed by atoms with E-state index in [1.54, 1.807) is 0 Å². The van der Waals surface area contributed by atoms with Gasteiger partial charge in [-0.3, -0.25) is 0 Å². The van der Waals surface area contributed by atoms with Gasteiger partial charge in [0.15, 0.2) is 11.6 Å². The lowest BCUT2D eigenvalue weighted by molar-refractivity contribution is 0.0696. The number of benzene rings is 1. The second kappa shape index (κ2) is 6.04. The zero-order valence-corrected chi connectivity index (χ0v) is 11.1. The van der Waals surface area contributed by atoms with Crippen LogP contribution in [0.3, 0.4) is 0 Å². The third kappa shape index (κ3) is 3.46. The van der Waals surface area contributed by atoms with Crippen LogP contribution < -0.4 is 4.74 Å². The summed E-state index contributed by atoms with van der Waals surface area (Å²) in [6.07, 6.45) is 5.37. The van der Waals surface area contributed by atoms with Crippen molar-refractivity contribution in [3.8, 4) is 5.75 Å². The molecule has 1 aromatic rings. The summed E-state index contributed by atoms with van der Waals surface area (Å²) in [5.41, 5.74) is -0.0560. The number of carboxylic acid groups (broad SMARTS) is 1. The number of hydrogen-bond acceptors (Lipinski definition) is 2. The molecule has 0 atom stereocenters. The number of aromatic carboxylic acids is 1. The highest BCUT2D eigenvalue weighted by Crippen LogP contribution is 2.30. The van der Waals surface area contributed by atoms with Crippen molar-refractivity contribution in [3.05, 3.63) is 29.6 Å². The molecule has 1 fully saturated rings. The number of carboxylic acids is 1. The maximum absolute atomic E-state index is 13.7. The summed E-state index contributed by atoms with van der Waals surface area (Å²) >= 11 is 0. The zero-order valence-electron chi connectivity index (χ0n) is 11.1. The SMILES string of the molecule is CCC1CCC(Oc2ccc(C(=O)O)cc2F)CC1. The number of ether oxygens (including phenoxy) is 1. The Bertz CT molecular complexity index is 451. The fourth-order valence-electron chi connectivity index (χ4n) is 2.57. The van der Waals surface area contributed by atoms with Gasteiger partial charge in [-0.25, -0.2) is 9.18 Å². The van der Waals surface area contributed by atoms with E-state index < -0.39 is 11.8 Å². The highest BCUT2D eigenvalue weighted by atomic mass is 19.1. The molecule has 0 saturated heterocycles. The van der Waals surface area contributed by atoms with E-state index in [1.165, 1.54) is 18.6 Å². The monoisotopic (exact) mass is 266 g/mol. The number of carbonyl (C=O) groups is 1. The number of rotatable bonds is 4. The Kier molecular flexibility index (Phi) is 4.40. The molecule has 3 nitrogen and oxygen atoms in total. The minimum absolute atomic E-state index is 0.0491. The lowest BCUT2D eigenvalue weighted by Crippen LogP contribution is -2.24. The Hall–Kier alpha value is -1.58. The molecule has 0 bridgehead atoms. The van der Waals surface area contributed by atoms with E-state index >= 15 is 0 Å². The summed E-state index contributed by atoms with van der Waals surface area (Å²) in [4.78, 5) is 10.7. The van der Waals surface area contributed by atoms with Gasteiger partial charge in [0.25, 0.3) is 0 Å². The van der Waals surface area contributed by atoms with Crippen molar-refractivity contribution in [1.29, 1.82) is 0 Å². The number of halogens is 1. The predicted octanol–water partition coefficient (Wildman–Crippen LogP) is 3.87. The van der Waals surface area contributed by atoms with E-state index in [1.807, 2.05) is 0 Å². The normalized spacial score (nSPS) is 23.1. The van der Waals surface area contributed by atoms with Gasteiger partial charge in [0, 0.05) is 0 Å². The van der Waals surface area contributed by atoms with Crippen LogP contribution in [0.4, 0.5) is 4.39 Å². The van der Waals surface area contributed by atoms with E-state index in [0.717, 1.165) is 37.7 Å². The van der Waals surface area contributed by atoms with Crippen LogP contribution in [-0.4, -0.2) is 17.2 Å². The van der Waals surface area contributed by atoms with Crippen molar-refractivity contribution >= 4 is 5.97 Å². The van der Waals surface area contributed by atoms with Crippen molar-refractivity contribution in [1.82, 2.24) is 0 Å². The van der Waals surface area contributed by atoms with E-state index in [0.29, 0.717) is 0 Å². The standard InChI is InChI=1S/C15H19FO3/c1-2-10-3-6-12(7-4-10)19-14-8-5-11(15(17)18)9-13(14)16/h5,8-10,12H,2-4,6-7H2,1H3,(H,17,18). The molecule has 0 amide bonds. The lowest BCUT2D eigenvalue weighted by Gasteiger charge is -2.28. The first kappa shape index (κ1) is 13.8. The van der Waals surface area contributed by atoms with Crippen LogP contribution >= 0.6 is 0 Å². The molecule has 0 heterocycles. The summed E-state index contributed by atoms with van der Waals surface area (Å²) in [6.45, 7) is 2.19. The third-order valence-electron chi connectivity index (χ3n) is 3.84. The highest BCUT2D eigenvalue weighted by molar-refractivity contribution is 5.87. The minimum Gasteiger partial charge on any atom is -0.487 e. The molecule has 1 aliphatic rings. The molecule has 1 saturated carbocycles. The molecule has 4 heteroatoms. The Morgan fingerprint density at radius 1 is 1.37 bits per heavy atom. The zero-order chi connectivity index (χ0) is 13.8. The first-order valence-corrected chi connectivity index (χ1v) is 6.79. The van der Waals surface area contributed by atoms with Gasteiger partial charge < -0.3 is 9.84 Å². The van der Waals surface area contributed by atoms with Crippen LogP contribution in [0.1, 0.15) is 49.4 Å². The van der Waals surface area contributed by atoms with Gasteiger partial charge in [0.2, 0.25) is 0 Å². The van der Waals surface area contributed by atoms with Crippen LogP contribution in [0.5, 0.6) is 5.75 Å². The molecule has 0 radical (unpaired) electrons. The molecular formula is C15H19FO3. The van der Waals surface area contributed by atoms with E-state index in [9.17, 15) is 9.18 Å².